The molecule has 0 heterocycles. The molecule has 0 saturated heterocycles. The van der Waals surface area contributed by atoms with Crippen LogP contribution in [0.25, 0.3) is 0 Å². The third-order valence-corrected chi connectivity index (χ3v) is 2.31. The third-order valence-electron chi connectivity index (χ3n) is 2.31. The molecule has 0 aliphatic carbocycles. The molecule has 2 N–H and O–H groups in total. The van der Waals surface area contributed by atoms with E-state index in [1.165, 1.54) is 0 Å². The standard InChI is InChI=1S/C12H18N2O.ClH/c1-10(2)14(12(15)8-13)9-11-6-4-3-5-7-11;/h3-7,10H,8-9,13H2,1-2H3;1H. The van der Waals surface area contributed by atoms with E-state index in [-0.39, 0.29) is 30.9 Å². The van der Waals surface area contributed by atoms with Crippen LogP contribution < -0.4 is 5.73 Å². The van der Waals surface area contributed by atoms with Crippen LogP contribution in [0.5, 0.6) is 0 Å². The van der Waals surface area contributed by atoms with Gasteiger partial charge in [-0.2, -0.15) is 0 Å². The van der Waals surface area contributed by atoms with Crippen molar-refractivity contribution in [2.45, 2.75) is 26.4 Å². The Kier molecular flexibility index (Phi) is 6.77. The maximum absolute atomic E-state index is 11.6. The van der Waals surface area contributed by atoms with Crippen LogP contribution in [0.15, 0.2) is 30.3 Å². The van der Waals surface area contributed by atoms with Crippen LogP contribution in [-0.4, -0.2) is 23.4 Å². The second kappa shape index (κ2) is 7.25. The maximum atomic E-state index is 11.6. The molecule has 0 bridgehead atoms. The van der Waals surface area contributed by atoms with Crippen molar-refractivity contribution in [3.63, 3.8) is 0 Å². The minimum Gasteiger partial charge on any atom is -0.335 e. The van der Waals surface area contributed by atoms with Gasteiger partial charge in [0, 0.05) is 12.6 Å². The summed E-state index contributed by atoms with van der Waals surface area (Å²) in [6.45, 7) is 4.70. The normalized spacial score (nSPS) is 9.75. The summed E-state index contributed by atoms with van der Waals surface area (Å²) >= 11 is 0. The van der Waals surface area contributed by atoms with Gasteiger partial charge in [0.2, 0.25) is 5.91 Å². The first kappa shape index (κ1) is 14.9. The fourth-order valence-corrected chi connectivity index (χ4v) is 1.46. The Labute approximate surface area is 103 Å². The summed E-state index contributed by atoms with van der Waals surface area (Å²) in [7, 11) is 0. The fraction of sp³-hybridized carbons (Fsp3) is 0.417. The lowest BCUT2D eigenvalue weighted by Crippen LogP contribution is -2.40. The van der Waals surface area contributed by atoms with E-state index in [1.807, 2.05) is 44.2 Å². The molecule has 0 aromatic heterocycles. The lowest BCUT2D eigenvalue weighted by molar-refractivity contribution is -0.132. The monoisotopic (exact) mass is 242 g/mol. The predicted molar refractivity (Wildman–Crippen MR) is 68.4 cm³/mol. The molecule has 0 saturated carbocycles. The number of nitrogens with zero attached hydrogens (tertiary/aromatic N) is 1. The second-order valence-electron chi connectivity index (χ2n) is 3.81. The molecule has 16 heavy (non-hydrogen) atoms. The Balaban J connectivity index is 0.00000225. The van der Waals surface area contributed by atoms with Gasteiger partial charge in [-0.1, -0.05) is 30.3 Å². The highest BCUT2D eigenvalue weighted by Gasteiger charge is 2.15. The molecule has 1 rings (SSSR count). The SMILES string of the molecule is CC(C)N(Cc1ccccc1)C(=O)CN.Cl. The smallest absolute Gasteiger partial charge is 0.236 e. The quantitative estimate of drug-likeness (QED) is 0.875. The number of benzene rings is 1. The molecule has 0 fully saturated rings. The second-order valence-corrected chi connectivity index (χ2v) is 3.81. The molecule has 0 unspecified atom stereocenters. The van der Waals surface area contributed by atoms with E-state index in [0.717, 1.165) is 5.56 Å². The molecule has 3 nitrogen and oxygen atoms in total. The molecule has 1 aromatic carbocycles. The minimum atomic E-state index is -0.00569. The van der Waals surface area contributed by atoms with Gasteiger partial charge in [0.15, 0.2) is 0 Å². The van der Waals surface area contributed by atoms with E-state index in [4.69, 9.17) is 5.73 Å². The van der Waals surface area contributed by atoms with Crippen LogP contribution in [-0.2, 0) is 11.3 Å². The van der Waals surface area contributed by atoms with Crippen molar-refractivity contribution >= 4 is 18.3 Å². The van der Waals surface area contributed by atoms with E-state index in [2.05, 4.69) is 0 Å². The van der Waals surface area contributed by atoms with Crippen LogP contribution >= 0.6 is 12.4 Å². The van der Waals surface area contributed by atoms with E-state index in [0.29, 0.717) is 6.54 Å². The zero-order valence-electron chi connectivity index (χ0n) is 9.72. The third kappa shape index (κ3) is 4.21. The lowest BCUT2D eigenvalue weighted by Gasteiger charge is -2.26. The van der Waals surface area contributed by atoms with E-state index >= 15 is 0 Å². The van der Waals surface area contributed by atoms with Crippen LogP contribution in [0.4, 0.5) is 0 Å². The summed E-state index contributed by atoms with van der Waals surface area (Å²) < 4.78 is 0. The molecular formula is C12H19ClN2O. The Morgan fingerprint density at radius 1 is 1.31 bits per heavy atom. The Morgan fingerprint density at radius 2 is 1.88 bits per heavy atom. The van der Waals surface area contributed by atoms with Crippen LogP contribution in [0.2, 0.25) is 0 Å². The number of nitrogens with two attached hydrogens (primary N) is 1. The molecule has 0 aliphatic heterocycles. The van der Waals surface area contributed by atoms with Gasteiger partial charge in [0.25, 0.3) is 0 Å². The molecule has 1 amide bonds. The number of hydrogen-bond donors (Lipinski definition) is 1. The summed E-state index contributed by atoms with van der Waals surface area (Å²) in [6.07, 6.45) is 0. The highest BCUT2D eigenvalue weighted by atomic mass is 35.5. The zero-order chi connectivity index (χ0) is 11.3. The van der Waals surface area contributed by atoms with Gasteiger partial charge in [-0.3, -0.25) is 4.79 Å². The first-order chi connectivity index (χ1) is 7.15. The molecule has 1 aromatic rings. The molecule has 0 spiro atoms. The van der Waals surface area contributed by atoms with Crippen LogP contribution in [0.3, 0.4) is 0 Å². The Morgan fingerprint density at radius 3 is 2.31 bits per heavy atom. The summed E-state index contributed by atoms with van der Waals surface area (Å²) in [6, 6.07) is 10.1. The number of hydrogen-bond acceptors (Lipinski definition) is 2. The highest BCUT2D eigenvalue weighted by molar-refractivity contribution is 5.85. The van der Waals surface area contributed by atoms with Gasteiger partial charge in [0.05, 0.1) is 6.54 Å². The van der Waals surface area contributed by atoms with Crippen molar-refractivity contribution in [2.24, 2.45) is 5.73 Å². The van der Waals surface area contributed by atoms with Gasteiger partial charge in [-0.05, 0) is 19.4 Å². The number of carbonyl (C=O) groups is 1. The molecule has 0 aliphatic rings. The zero-order valence-corrected chi connectivity index (χ0v) is 10.5. The largest absolute Gasteiger partial charge is 0.335 e. The van der Waals surface area contributed by atoms with Crippen molar-refractivity contribution in [3.8, 4) is 0 Å². The minimum absolute atomic E-state index is 0. The molecule has 0 atom stereocenters. The summed E-state index contributed by atoms with van der Waals surface area (Å²) in [4.78, 5) is 13.3. The summed E-state index contributed by atoms with van der Waals surface area (Å²) in [5.41, 5.74) is 6.51. The molecule has 90 valence electrons. The van der Waals surface area contributed by atoms with Gasteiger partial charge in [-0.25, -0.2) is 0 Å². The van der Waals surface area contributed by atoms with Crippen LogP contribution in [0, 0.1) is 0 Å². The first-order valence-corrected chi connectivity index (χ1v) is 5.18. The van der Waals surface area contributed by atoms with Gasteiger partial charge in [0.1, 0.15) is 0 Å². The van der Waals surface area contributed by atoms with Gasteiger partial charge in [-0.15, -0.1) is 12.4 Å². The van der Waals surface area contributed by atoms with Crippen molar-refractivity contribution in [1.29, 1.82) is 0 Å². The van der Waals surface area contributed by atoms with E-state index in [9.17, 15) is 4.79 Å². The van der Waals surface area contributed by atoms with Crippen molar-refractivity contribution < 1.29 is 4.79 Å². The highest BCUT2D eigenvalue weighted by Crippen LogP contribution is 2.07. The number of halogens is 1. The van der Waals surface area contributed by atoms with Crippen molar-refractivity contribution in [3.05, 3.63) is 35.9 Å². The average molecular weight is 243 g/mol. The van der Waals surface area contributed by atoms with Gasteiger partial charge >= 0.3 is 0 Å². The molecule has 4 heteroatoms. The first-order valence-electron chi connectivity index (χ1n) is 5.18. The summed E-state index contributed by atoms with van der Waals surface area (Å²) in [5.74, 6) is -0.00569. The number of amides is 1. The van der Waals surface area contributed by atoms with Crippen molar-refractivity contribution in [1.82, 2.24) is 4.90 Å². The lowest BCUT2D eigenvalue weighted by atomic mass is 10.2. The molecular weight excluding hydrogens is 224 g/mol. The maximum Gasteiger partial charge on any atom is 0.236 e. The average Bonchev–Trinajstić information content (AvgIpc) is 2.26. The topological polar surface area (TPSA) is 46.3 Å². The van der Waals surface area contributed by atoms with Gasteiger partial charge < -0.3 is 10.6 Å². The Hall–Kier alpha value is -1.06. The van der Waals surface area contributed by atoms with Crippen LogP contribution in [0.1, 0.15) is 19.4 Å². The fourth-order valence-electron chi connectivity index (χ4n) is 1.46. The van der Waals surface area contributed by atoms with E-state index < -0.39 is 0 Å². The number of rotatable bonds is 4. The Bertz CT molecular complexity index is 314. The van der Waals surface area contributed by atoms with Crippen molar-refractivity contribution in [2.75, 3.05) is 6.54 Å². The number of carbonyl (C=O) groups excluding carboxylic acids is 1. The van der Waals surface area contributed by atoms with E-state index in [1.54, 1.807) is 4.90 Å². The molecule has 0 radical (unpaired) electrons. The predicted octanol–water partition coefficient (Wildman–Crippen LogP) is 1.80. The summed E-state index contributed by atoms with van der Waals surface area (Å²) in [5, 5.41) is 0.